The third-order valence-corrected chi connectivity index (χ3v) is 2.29. The van der Waals surface area contributed by atoms with Crippen LogP contribution in [0.3, 0.4) is 0 Å². The summed E-state index contributed by atoms with van der Waals surface area (Å²) < 4.78 is 5.50. The third-order valence-electron chi connectivity index (χ3n) is 2.29. The quantitative estimate of drug-likeness (QED) is 0.637. The Bertz CT molecular complexity index is 108. The van der Waals surface area contributed by atoms with Gasteiger partial charge in [-0.1, -0.05) is 13.8 Å². The van der Waals surface area contributed by atoms with Crippen molar-refractivity contribution in [3.05, 3.63) is 0 Å². The van der Waals surface area contributed by atoms with Gasteiger partial charge in [-0.3, -0.25) is 0 Å². The average Bonchev–Trinajstić information content (AvgIpc) is 2.49. The molecule has 72 valence electrons. The van der Waals surface area contributed by atoms with Crippen molar-refractivity contribution in [3.63, 3.8) is 0 Å². The van der Waals surface area contributed by atoms with E-state index in [9.17, 15) is 0 Å². The van der Waals surface area contributed by atoms with Crippen molar-refractivity contribution in [2.24, 2.45) is 5.92 Å². The van der Waals surface area contributed by atoms with E-state index in [-0.39, 0.29) is 0 Å². The lowest BCUT2D eigenvalue weighted by Crippen LogP contribution is -2.27. The molecule has 0 aromatic rings. The molecule has 2 nitrogen and oxygen atoms in total. The van der Waals surface area contributed by atoms with E-state index >= 15 is 0 Å². The Kier molecular flexibility index (Phi) is 4.62. The van der Waals surface area contributed by atoms with Crippen molar-refractivity contribution in [1.29, 1.82) is 0 Å². The zero-order valence-electron chi connectivity index (χ0n) is 8.31. The van der Waals surface area contributed by atoms with Crippen LogP contribution in [0.25, 0.3) is 0 Å². The summed E-state index contributed by atoms with van der Waals surface area (Å²) in [5, 5.41) is 3.43. The van der Waals surface area contributed by atoms with Gasteiger partial charge in [0.05, 0.1) is 6.10 Å². The molecule has 1 N–H and O–H groups in total. The van der Waals surface area contributed by atoms with Crippen molar-refractivity contribution in [2.75, 3.05) is 19.7 Å². The summed E-state index contributed by atoms with van der Waals surface area (Å²) in [6.45, 7) is 7.67. The molecule has 0 saturated carbocycles. The molecule has 1 fully saturated rings. The van der Waals surface area contributed by atoms with E-state index in [1.807, 2.05) is 0 Å². The van der Waals surface area contributed by atoms with Crippen molar-refractivity contribution < 1.29 is 4.74 Å². The van der Waals surface area contributed by atoms with Crippen LogP contribution < -0.4 is 5.32 Å². The molecule has 1 atom stereocenters. The van der Waals surface area contributed by atoms with Crippen LogP contribution in [-0.4, -0.2) is 25.8 Å². The lowest BCUT2D eigenvalue weighted by molar-refractivity contribution is 0.110. The Balaban J connectivity index is 1.88. The first-order valence-electron chi connectivity index (χ1n) is 5.11. The SMILES string of the molecule is CC(C)CCNC[C@H]1CCCO1. The highest BCUT2D eigenvalue weighted by Crippen LogP contribution is 2.10. The zero-order valence-corrected chi connectivity index (χ0v) is 8.31. The first-order chi connectivity index (χ1) is 5.79. The van der Waals surface area contributed by atoms with Crippen LogP contribution in [0.1, 0.15) is 33.1 Å². The summed E-state index contributed by atoms with van der Waals surface area (Å²) in [6.07, 6.45) is 4.26. The summed E-state index contributed by atoms with van der Waals surface area (Å²) in [5.41, 5.74) is 0. The normalized spacial score (nSPS) is 23.8. The Labute approximate surface area is 75.7 Å². The van der Waals surface area contributed by atoms with Gasteiger partial charge in [0.25, 0.3) is 0 Å². The fourth-order valence-electron chi connectivity index (χ4n) is 1.46. The highest BCUT2D eigenvalue weighted by molar-refractivity contribution is 4.67. The largest absolute Gasteiger partial charge is 0.377 e. The Morgan fingerprint density at radius 3 is 2.92 bits per heavy atom. The molecule has 0 aromatic heterocycles. The van der Waals surface area contributed by atoms with Gasteiger partial charge in [-0.05, 0) is 31.7 Å². The van der Waals surface area contributed by atoms with Gasteiger partial charge in [0.2, 0.25) is 0 Å². The number of hydrogen-bond donors (Lipinski definition) is 1. The summed E-state index contributed by atoms with van der Waals surface area (Å²) in [7, 11) is 0. The predicted molar refractivity (Wildman–Crippen MR) is 51.3 cm³/mol. The number of rotatable bonds is 5. The highest BCUT2D eigenvalue weighted by Gasteiger charge is 2.13. The summed E-state index contributed by atoms with van der Waals surface area (Å²) in [5.74, 6) is 0.807. The first-order valence-corrected chi connectivity index (χ1v) is 5.11. The van der Waals surface area contributed by atoms with E-state index in [0.29, 0.717) is 6.10 Å². The smallest absolute Gasteiger partial charge is 0.0700 e. The minimum atomic E-state index is 0.497. The summed E-state index contributed by atoms with van der Waals surface area (Å²) in [4.78, 5) is 0. The maximum atomic E-state index is 5.50. The molecule has 0 bridgehead atoms. The zero-order chi connectivity index (χ0) is 8.81. The van der Waals surface area contributed by atoms with E-state index in [0.717, 1.165) is 25.6 Å². The average molecular weight is 171 g/mol. The van der Waals surface area contributed by atoms with Crippen molar-refractivity contribution in [3.8, 4) is 0 Å². The van der Waals surface area contributed by atoms with E-state index in [2.05, 4.69) is 19.2 Å². The van der Waals surface area contributed by atoms with Crippen molar-refractivity contribution in [1.82, 2.24) is 5.32 Å². The van der Waals surface area contributed by atoms with Gasteiger partial charge < -0.3 is 10.1 Å². The monoisotopic (exact) mass is 171 g/mol. The van der Waals surface area contributed by atoms with Gasteiger partial charge in [0.1, 0.15) is 0 Å². The molecule has 0 aromatic carbocycles. The van der Waals surface area contributed by atoms with Crippen molar-refractivity contribution >= 4 is 0 Å². The molecule has 1 aliphatic heterocycles. The molecule has 1 heterocycles. The van der Waals surface area contributed by atoms with E-state index in [1.54, 1.807) is 0 Å². The molecule has 1 aliphatic rings. The molecule has 2 heteroatoms. The molecule has 0 unspecified atom stereocenters. The number of nitrogens with one attached hydrogen (secondary N) is 1. The second kappa shape index (κ2) is 5.55. The van der Waals surface area contributed by atoms with Gasteiger partial charge in [-0.15, -0.1) is 0 Å². The molecule has 12 heavy (non-hydrogen) atoms. The summed E-state index contributed by atoms with van der Waals surface area (Å²) in [6, 6.07) is 0. The van der Waals surface area contributed by atoms with Crippen LogP contribution in [0.5, 0.6) is 0 Å². The Morgan fingerprint density at radius 1 is 1.50 bits per heavy atom. The fraction of sp³-hybridized carbons (Fsp3) is 1.00. The van der Waals surface area contributed by atoms with Gasteiger partial charge >= 0.3 is 0 Å². The van der Waals surface area contributed by atoms with Crippen LogP contribution in [-0.2, 0) is 4.74 Å². The van der Waals surface area contributed by atoms with E-state index in [4.69, 9.17) is 4.74 Å². The topological polar surface area (TPSA) is 21.3 Å². The highest BCUT2D eigenvalue weighted by atomic mass is 16.5. The Morgan fingerprint density at radius 2 is 2.33 bits per heavy atom. The molecule has 0 radical (unpaired) electrons. The maximum absolute atomic E-state index is 5.50. The minimum Gasteiger partial charge on any atom is -0.377 e. The standard InChI is InChI=1S/C10H21NO/c1-9(2)5-6-11-8-10-4-3-7-12-10/h9-11H,3-8H2,1-2H3/t10-/m1/s1. The van der Waals surface area contributed by atoms with Gasteiger partial charge in [0.15, 0.2) is 0 Å². The minimum absolute atomic E-state index is 0.497. The molecular weight excluding hydrogens is 150 g/mol. The number of hydrogen-bond acceptors (Lipinski definition) is 2. The molecule has 0 spiro atoms. The second-order valence-electron chi connectivity index (χ2n) is 4.02. The van der Waals surface area contributed by atoms with E-state index in [1.165, 1.54) is 19.3 Å². The van der Waals surface area contributed by atoms with Gasteiger partial charge in [-0.25, -0.2) is 0 Å². The fourth-order valence-corrected chi connectivity index (χ4v) is 1.46. The van der Waals surface area contributed by atoms with Gasteiger partial charge in [0, 0.05) is 13.2 Å². The maximum Gasteiger partial charge on any atom is 0.0700 e. The lowest BCUT2D eigenvalue weighted by atomic mass is 10.1. The molecule has 0 amide bonds. The van der Waals surface area contributed by atoms with Crippen LogP contribution in [0.4, 0.5) is 0 Å². The second-order valence-corrected chi connectivity index (χ2v) is 4.02. The predicted octanol–water partition coefficient (Wildman–Crippen LogP) is 1.80. The molecule has 0 aliphatic carbocycles. The van der Waals surface area contributed by atoms with Crippen molar-refractivity contribution in [2.45, 2.75) is 39.2 Å². The third kappa shape index (κ3) is 4.07. The Hall–Kier alpha value is -0.0800. The molecule has 1 saturated heterocycles. The van der Waals surface area contributed by atoms with Crippen LogP contribution in [0.15, 0.2) is 0 Å². The lowest BCUT2D eigenvalue weighted by Gasteiger charge is -2.11. The molecular formula is C10H21NO. The van der Waals surface area contributed by atoms with Crippen LogP contribution in [0, 0.1) is 5.92 Å². The van der Waals surface area contributed by atoms with Crippen LogP contribution in [0.2, 0.25) is 0 Å². The van der Waals surface area contributed by atoms with E-state index < -0.39 is 0 Å². The first kappa shape index (κ1) is 10.0. The number of ether oxygens (including phenoxy) is 1. The summed E-state index contributed by atoms with van der Waals surface area (Å²) >= 11 is 0. The van der Waals surface area contributed by atoms with Crippen LogP contribution >= 0.6 is 0 Å². The van der Waals surface area contributed by atoms with Gasteiger partial charge in [-0.2, -0.15) is 0 Å². The molecule has 1 rings (SSSR count).